The maximum absolute atomic E-state index is 13.1. The number of sulfonamides is 1. The predicted octanol–water partition coefficient (Wildman–Crippen LogP) is 1.78. The van der Waals surface area contributed by atoms with Gasteiger partial charge in [0.25, 0.3) is 0 Å². The summed E-state index contributed by atoms with van der Waals surface area (Å²) in [6, 6.07) is 6.05. The molecule has 2 heterocycles. The second kappa shape index (κ2) is 10.1. The number of carbonyl (C=O) groups excluding carboxylic acids is 2. The molecule has 0 aromatic heterocycles. The Morgan fingerprint density at radius 2 is 1.97 bits per heavy atom. The van der Waals surface area contributed by atoms with Gasteiger partial charge in [0.2, 0.25) is 21.8 Å². The fourth-order valence-corrected chi connectivity index (χ4v) is 6.03. The van der Waals surface area contributed by atoms with E-state index < -0.39 is 10.0 Å². The highest BCUT2D eigenvalue weighted by atomic mass is 32.2. The summed E-state index contributed by atoms with van der Waals surface area (Å²) in [5.41, 5.74) is 0.515. The number of likely N-dealkylation sites (N-methyl/N-ethyl adjacent to an activating group) is 1. The van der Waals surface area contributed by atoms with Gasteiger partial charge in [0.15, 0.2) is 0 Å². The number of hydrogen-bond acceptors (Lipinski definition) is 6. The SMILES string of the molecule is CC(=O)Nc1ccc(S(=O)(=O)N(C)CC(=O)N(CC2CCCO2)C2CCSC2)cc1. The molecule has 1 aromatic carbocycles. The Kier molecular flexibility index (Phi) is 7.78. The van der Waals surface area contributed by atoms with Crippen molar-refractivity contribution in [1.82, 2.24) is 9.21 Å². The molecule has 3 rings (SSSR count). The number of ether oxygens (including phenoxy) is 1. The second-order valence-electron chi connectivity index (χ2n) is 7.67. The van der Waals surface area contributed by atoms with E-state index in [-0.39, 0.29) is 35.4 Å². The van der Waals surface area contributed by atoms with Crippen LogP contribution >= 0.6 is 11.8 Å². The number of nitrogens with zero attached hydrogens (tertiary/aromatic N) is 2. The van der Waals surface area contributed by atoms with Crippen LogP contribution in [0.25, 0.3) is 0 Å². The van der Waals surface area contributed by atoms with Crippen molar-refractivity contribution in [2.75, 3.05) is 43.6 Å². The molecule has 166 valence electrons. The van der Waals surface area contributed by atoms with E-state index in [1.807, 2.05) is 16.7 Å². The van der Waals surface area contributed by atoms with Crippen LogP contribution in [0.3, 0.4) is 0 Å². The number of benzene rings is 1. The van der Waals surface area contributed by atoms with Crippen LogP contribution in [0.5, 0.6) is 0 Å². The molecule has 8 nitrogen and oxygen atoms in total. The first kappa shape index (κ1) is 23.1. The van der Waals surface area contributed by atoms with E-state index in [2.05, 4.69) is 5.32 Å². The molecule has 0 saturated carbocycles. The molecule has 1 N–H and O–H groups in total. The zero-order chi connectivity index (χ0) is 21.7. The summed E-state index contributed by atoms with van der Waals surface area (Å²) in [4.78, 5) is 26.1. The highest BCUT2D eigenvalue weighted by Gasteiger charge is 2.33. The Labute approximate surface area is 182 Å². The number of thioether (sulfide) groups is 1. The van der Waals surface area contributed by atoms with Crippen LogP contribution in [0.4, 0.5) is 5.69 Å². The summed E-state index contributed by atoms with van der Waals surface area (Å²) in [5, 5.41) is 2.60. The fourth-order valence-electron chi connectivity index (χ4n) is 3.69. The Bertz CT molecular complexity index is 848. The zero-order valence-electron chi connectivity index (χ0n) is 17.4. The maximum Gasteiger partial charge on any atom is 0.243 e. The Hall–Kier alpha value is -1.62. The summed E-state index contributed by atoms with van der Waals surface area (Å²) in [5.74, 6) is 1.46. The predicted molar refractivity (Wildman–Crippen MR) is 117 cm³/mol. The summed E-state index contributed by atoms with van der Waals surface area (Å²) < 4.78 is 32.7. The minimum absolute atomic E-state index is 0.0304. The lowest BCUT2D eigenvalue weighted by Crippen LogP contribution is -2.49. The highest BCUT2D eigenvalue weighted by molar-refractivity contribution is 7.99. The normalized spacial score (nSPS) is 21.7. The summed E-state index contributed by atoms with van der Waals surface area (Å²) in [6.45, 7) is 2.40. The average molecular weight is 456 g/mol. The van der Waals surface area contributed by atoms with Gasteiger partial charge in [-0.2, -0.15) is 16.1 Å². The van der Waals surface area contributed by atoms with Gasteiger partial charge in [-0.3, -0.25) is 9.59 Å². The van der Waals surface area contributed by atoms with Crippen molar-refractivity contribution < 1.29 is 22.7 Å². The number of amides is 2. The van der Waals surface area contributed by atoms with E-state index in [4.69, 9.17) is 4.74 Å². The van der Waals surface area contributed by atoms with Crippen LogP contribution < -0.4 is 5.32 Å². The molecule has 0 radical (unpaired) electrons. The molecular weight excluding hydrogens is 426 g/mol. The molecule has 2 aliphatic rings. The van der Waals surface area contributed by atoms with E-state index in [1.165, 1.54) is 38.2 Å². The van der Waals surface area contributed by atoms with Crippen molar-refractivity contribution in [2.24, 2.45) is 0 Å². The van der Waals surface area contributed by atoms with E-state index in [0.717, 1.165) is 41.7 Å². The van der Waals surface area contributed by atoms with Crippen LogP contribution in [0.15, 0.2) is 29.2 Å². The van der Waals surface area contributed by atoms with Gasteiger partial charge in [-0.05, 0) is 49.3 Å². The molecule has 30 heavy (non-hydrogen) atoms. The van der Waals surface area contributed by atoms with Crippen LogP contribution in [-0.4, -0.2) is 79.8 Å². The standard InChI is InChI=1S/C20H29N3O5S2/c1-15(24)21-16-5-7-19(8-6-16)30(26,27)22(2)13-20(25)23(17-9-11-29-14-17)12-18-4-3-10-28-18/h5-8,17-18H,3-4,9-14H2,1-2H3,(H,21,24). The number of carbonyl (C=O) groups is 2. The van der Waals surface area contributed by atoms with E-state index in [0.29, 0.717) is 12.2 Å². The first-order valence-electron chi connectivity index (χ1n) is 10.1. The molecule has 0 spiro atoms. The van der Waals surface area contributed by atoms with Crippen molar-refractivity contribution in [3.8, 4) is 0 Å². The Balaban J connectivity index is 1.68. The van der Waals surface area contributed by atoms with Crippen LogP contribution in [-0.2, 0) is 24.3 Å². The molecule has 10 heteroatoms. The van der Waals surface area contributed by atoms with Gasteiger partial charge < -0.3 is 15.0 Å². The molecule has 2 unspecified atom stereocenters. The van der Waals surface area contributed by atoms with Gasteiger partial charge in [-0.15, -0.1) is 0 Å². The largest absolute Gasteiger partial charge is 0.376 e. The van der Waals surface area contributed by atoms with Gasteiger partial charge >= 0.3 is 0 Å². The molecular formula is C20H29N3O5S2. The highest BCUT2D eigenvalue weighted by Crippen LogP contribution is 2.25. The second-order valence-corrected chi connectivity index (χ2v) is 10.9. The van der Waals surface area contributed by atoms with Crippen LogP contribution in [0.2, 0.25) is 0 Å². The fraction of sp³-hybridized carbons (Fsp3) is 0.600. The lowest BCUT2D eigenvalue weighted by Gasteiger charge is -2.32. The molecule has 0 aliphatic carbocycles. The van der Waals surface area contributed by atoms with Crippen LogP contribution in [0.1, 0.15) is 26.2 Å². The number of rotatable bonds is 8. The van der Waals surface area contributed by atoms with Crippen molar-refractivity contribution in [3.63, 3.8) is 0 Å². The lowest BCUT2D eigenvalue weighted by molar-refractivity contribution is -0.134. The summed E-state index contributed by atoms with van der Waals surface area (Å²) in [7, 11) is -2.41. The average Bonchev–Trinajstić information content (AvgIpc) is 3.40. The summed E-state index contributed by atoms with van der Waals surface area (Å²) in [6.07, 6.45) is 2.88. The van der Waals surface area contributed by atoms with Gasteiger partial charge in [0.05, 0.1) is 17.5 Å². The van der Waals surface area contributed by atoms with Gasteiger partial charge in [0, 0.05) is 44.6 Å². The third-order valence-electron chi connectivity index (χ3n) is 5.33. The van der Waals surface area contributed by atoms with Gasteiger partial charge in [-0.25, -0.2) is 8.42 Å². The smallest absolute Gasteiger partial charge is 0.243 e. The zero-order valence-corrected chi connectivity index (χ0v) is 19.0. The van der Waals surface area contributed by atoms with Crippen LogP contribution in [0, 0.1) is 0 Å². The minimum Gasteiger partial charge on any atom is -0.376 e. The van der Waals surface area contributed by atoms with E-state index in [1.54, 1.807) is 0 Å². The summed E-state index contributed by atoms with van der Waals surface area (Å²) >= 11 is 1.82. The molecule has 2 aliphatic heterocycles. The Morgan fingerprint density at radius 3 is 2.53 bits per heavy atom. The van der Waals surface area contributed by atoms with Crippen molar-refractivity contribution in [3.05, 3.63) is 24.3 Å². The number of hydrogen-bond donors (Lipinski definition) is 1. The molecule has 2 amide bonds. The molecule has 2 atom stereocenters. The van der Waals surface area contributed by atoms with Crippen molar-refractivity contribution in [2.45, 2.75) is 43.2 Å². The van der Waals surface area contributed by atoms with Gasteiger partial charge in [0.1, 0.15) is 0 Å². The Morgan fingerprint density at radius 1 is 1.23 bits per heavy atom. The maximum atomic E-state index is 13.1. The first-order chi connectivity index (χ1) is 14.3. The first-order valence-corrected chi connectivity index (χ1v) is 12.7. The molecule has 2 fully saturated rings. The van der Waals surface area contributed by atoms with Gasteiger partial charge in [-0.1, -0.05) is 0 Å². The quantitative estimate of drug-likeness (QED) is 0.642. The molecule has 1 aromatic rings. The monoisotopic (exact) mass is 455 g/mol. The topological polar surface area (TPSA) is 96.0 Å². The third-order valence-corrected chi connectivity index (χ3v) is 8.29. The van der Waals surface area contributed by atoms with E-state index in [9.17, 15) is 18.0 Å². The number of nitrogens with one attached hydrogen (secondary N) is 1. The molecule has 0 bridgehead atoms. The third kappa shape index (κ3) is 5.75. The van der Waals surface area contributed by atoms with Crippen molar-refractivity contribution in [1.29, 1.82) is 0 Å². The molecule has 2 saturated heterocycles. The lowest BCUT2D eigenvalue weighted by atomic mass is 10.1. The number of anilines is 1. The minimum atomic E-state index is -3.83. The van der Waals surface area contributed by atoms with E-state index >= 15 is 0 Å². The van der Waals surface area contributed by atoms with Crippen molar-refractivity contribution >= 4 is 39.3 Å².